The third-order valence-corrected chi connectivity index (χ3v) is 5.44. The van der Waals surface area contributed by atoms with Crippen molar-refractivity contribution in [2.45, 2.75) is 58.0 Å². The molecule has 2 aliphatic rings. The first-order valence-corrected chi connectivity index (χ1v) is 8.43. The van der Waals surface area contributed by atoms with Crippen LogP contribution in [0.4, 0.5) is 5.13 Å². The highest BCUT2D eigenvalue weighted by molar-refractivity contribution is 7.15. The summed E-state index contributed by atoms with van der Waals surface area (Å²) < 4.78 is 0. The molecule has 0 spiro atoms. The molecule has 1 aliphatic heterocycles. The van der Waals surface area contributed by atoms with Gasteiger partial charge < -0.3 is 10.2 Å². The summed E-state index contributed by atoms with van der Waals surface area (Å²) in [5.74, 6) is 1.48. The van der Waals surface area contributed by atoms with Crippen LogP contribution in [-0.4, -0.2) is 24.6 Å². The smallest absolute Gasteiger partial charge is 0.186 e. The summed E-state index contributed by atoms with van der Waals surface area (Å²) in [5, 5.41) is 4.58. The van der Waals surface area contributed by atoms with E-state index in [1.807, 2.05) is 18.4 Å². The molecule has 1 aromatic rings. The van der Waals surface area contributed by atoms with Crippen molar-refractivity contribution < 1.29 is 0 Å². The van der Waals surface area contributed by atoms with E-state index in [1.54, 1.807) is 0 Å². The molecule has 106 valence electrons. The van der Waals surface area contributed by atoms with Crippen molar-refractivity contribution in [2.75, 3.05) is 18.5 Å². The Morgan fingerprint density at radius 3 is 2.79 bits per heavy atom. The van der Waals surface area contributed by atoms with Gasteiger partial charge in [0.1, 0.15) is 0 Å². The third kappa shape index (κ3) is 2.65. The molecule has 0 aromatic carbocycles. The average Bonchev–Trinajstić information content (AvgIpc) is 2.95. The Bertz CT molecular complexity index is 437. The van der Waals surface area contributed by atoms with E-state index in [-0.39, 0.29) is 0 Å². The van der Waals surface area contributed by atoms with Gasteiger partial charge in [-0.2, -0.15) is 0 Å². The zero-order valence-corrected chi connectivity index (χ0v) is 13.1. The van der Waals surface area contributed by atoms with Gasteiger partial charge >= 0.3 is 0 Å². The van der Waals surface area contributed by atoms with Crippen LogP contribution in [0.1, 0.15) is 56.0 Å². The summed E-state index contributed by atoms with van der Waals surface area (Å²) >= 11 is 1.92. The maximum absolute atomic E-state index is 5.01. The lowest BCUT2D eigenvalue weighted by Crippen LogP contribution is -2.33. The molecule has 4 heteroatoms. The molecule has 19 heavy (non-hydrogen) atoms. The van der Waals surface area contributed by atoms with E-state index in [1.165, 1.54) is 47.9 Å². The number of hydrogen-bond donors (Lipinski definition) is 1. The van der Waals surface area contributed by atoms with Crippen LogP contribution in [0.2, 0.25) is 0 Å². The molecule has 1 N–H and O–H groups in total. The van der Waals surface area contributed by atoms with Gasteiger partial charge in [0.25, 0.3) is 0 Å². The number of rotatable bonds is 5. The van der Waals surface area contributed by atoms with Gasteiger partial charge in [0.2, 0.25) is 0 Å². The van der Waals surface area contributed by atoms with Gasteiger partial charge in [-0.15, -0.1) is 11.3 Å². The van der Waals surface area contributed by atoms with E-state index in [2.05, 4.69) is 24.1 Å². The molecule has 1 saturated carbocycles. The number of nitrogens with one attached hydrogen (secondary N) is 1. The standard InChI is InChI=1S/C15H25N3S/c1-10(2)12-5-4-8-18(12)15-17-14(11-6-7-11)13(19-15)9-16-3/h10-12,16H,4-9H2,1-3H3. The zero-order valence-electron chi connectivity index (χ0n) is 12.3. The fourth-order valence-corrected chi connectivity index (χ4v) is 4.40. The van der Waals surface area contributed by atoms with Crippen LogP contribution in [0.15, 0.2) is 0 Å². The van der Waals surface area contributed by atoms with Crippen LogP contribution >= 0.6 is 11.3 Å². The molecule has 0 radical (unpaired) electrons. The summed E-state index contributed by atoms with van der Waals surface area (Å²) in [6.45, 7) is 6.85. The third-order valence-electron chi connectivity index (χ3n) is 4.33. The highest BCUT2D eigenvalue weighted by Gasteiger charge is 2.33. The normalized spacial score (nSPS) is 23.6. The lowest BCUT2D eigenvalue weighted by molar-refractivity contribution is 0.491. The topological polar surface area (TPSA) is 28.2 Å². The number of aromatic nitrogens is 1. The molecule has 1 atom stereocenters. The molecule has 3 rings (SSSR count). The SMILES string of the molecule is CNCc1sc(N2CCCC2C(C)C)nc1C1CC1. The first-order chi connectivity index (χ1) is 9.20. The van der Waals surface area contributed by atoms with Gasteiger partial charge in [0.05, 0.1) is 5.69 Å². The maximum atomic E-state index is 5.01. The molecule has 2 heterocycles. The minimum atomic E-state index is 0.695. The highest BCUT2D eigenvalue weighted by Crippen LogP contribution is 2.45. The Balaban J connectivity index is 1.85. The minimum Gasteiger partial charge on any atom is -0.345 e. The van der Waals surface area contributed by atoms with Gasteiger partial charge in [0.15, 0.2) is 5.13 Å². The van der Waals surface area contributed by atoms with E-state index in [0.717, 1.165) is 18.4 Å². The van der Waals surface area contributed by atoms with Crippen LogP contribution in [0.5, 0.6) is 0 Å². The first-order valence-electron chi connectivity index (χ1n) is 7.61. The summed E-state index contributed by atoms with van der Waals surface area (Å²) in [6, 6.07) is 0.695. The fourth-order valence-electron chi connectivity index (χ4n) is 3.16. The molecular formula is C15H25N3S. The van der Waals surface area contributed by atoms with Gasteiger partial charge in [-0.1, -0.05) is 13.8 Å². The number of hydrogen-bond acceptors (Lipinski definition) is 4. The van der Waals surface area contributed by atoms with E-state index in [9.17, 15) is 0 Å². The molecule has 2 fully saturated rings. The van der Waals surface area contributed by atoms with Crippen LogP contribution in [0, 0.1) is 5.92 Å². The molecule has 3 nitrogen and oxygen atoms in total. The van der Waals surface area contributed by atoms with Crippen molar-refractivity contribution in [2.24, 2.45) is 5.92 Å². The number of anilines is 1. The summed E-state index contributed by atoms with van der Waals surface area (Å²) in [7, 11) is 2.03. The average molecular weight is 279 g/mol. The Labute approximate surface area is 120 Å². The van der Waals surface area contributed by atoms with Crippen molar-refractivity contribution in [3.63, 3.8) is 0 Å². The second kappa shape index (κ2) is 5.41. The maximum Gasteiger partial charge on any atom is 0.186 e. The second-order valence-electron chi connectivity index (χ2n) is 6.26. The van der Waals surface area contributed by atoms with E-state index in [0.29, 0.717) is 6.04 Å². The van der Waals surface area contributed by atoms with Gasteiger partial charge in [-0.25, -0.2) is 4.98 Å². The van der Waals surface area contributed by atoms with Crippen LogP contribution in [0.3, 0.4) is 0 Å². The summed E-state index contributed by atoms with van der Waals surface area (Å²) in [6.07, 6.45) is 5.33. The van der Waals surface area contributed by atoms with E-state index in [4.69, 9.17) is 4.98 Å². The van der Waals surface area contributed by atoms with Gasteiger partial charge in [-0.3, -0.25) is 0 Å². The largest absolute Gasteiger partial charge is 0.345 e. The lowest BCUT2D eigenvalue weighted by atomic mass is 10.0. The molecule has 1 aliphatic carbocycles. The Morgan fingerprint density at radius 2 is 2.16 bits per heavy atom. The molecule has 0 bridgehead atoms. The fraction of sp³-hybridized carbons (Fsp3) is 0.800. The molecule has 1 saturated heterocycles. The second-order valence-corrected chi connectivity index (χ2v) is 7.32. The van der Waals surface area contributed by atoms with Crippen LogP contribution < -0.4 is 10.2 Å². The summed E-state index contributed by atoms with van der Waals surface area (Å²) in [4.78, 5) is 9.05. The molecule has 1 aromatic heterocycles. The van der Waals surface area contributed by atoms with Crippen LogP contribution in [0.25, 0.3) is 0 Å². The van der Waals surface area contributed by atoms with Crippen molar-refractivity contribution in [3.8, 4) is 0 Å². The predicted octanol–water partition coefficient (Wildman–Crippen LogP) is 3.36. The van der Waals surface area contributed by atoms with Crippen molar-refractivity contribution in [1.29, 1.82) is 0 Å². The zero-order chi connectivity index (χ0) is 13.4. The first kappa shape index (κ1) is 13.4. The van der Waals surface area contributed by atoms with Crippen molar-refractivity contribution in [1.82, 2.24) is 10.3 Å². The monoisotopic (exact) mass is 279 g/mol. The molecule has 0 amide bonds. The molecule has 1 unspecified atom stereocenters. The van der Waals surface area contributed by atoms with Crippen molar-refractivity contribution in [3.05, 3.63) is 10.6 Å². The minimum absolute atomic E-state index is 0.695. The Morgan fingerprint density at radius 1 is 1.37 bits per heavy atom. The van der Waals surface area contributed by atoms with Crippen molar-refractivity contribution >= 4 is 16.5 Å². The quantitative estimate of drug-likeness (QED) is 0.896. The Hall–Kier alpha value is -0.610. The summed E-state index contributed by atoms with van der Waals surface area (Å²) in [5.41, 5.74) is 1.39. The van der Waals surface area contributed by atoms with Gasteiger partial charge in [0, 0.05) is 29.9 Å². The highest BCUT2D eigenvalue weighted by atomic mass is 32.1. The van der Waals surface area contributed by atoms with E-state index >= 15 is 0 Å². The predicted molar refractivity (Wildman–Crippen MR) is 82.1 cm³/mol. The Kier molecular flexibility index (Phi) is 3.81. The van der Waals surface area contributed by atoms with Gasteiger partial charge in [-0.05, 0) is 38.6 Å². The number of thiazole rings is 1. The number of nitrogens with zero attached hydrogens (tertiary/aromatic N) is 2. The molecular weight excluding hydrogens is 254 g/mol. The lowest BCUT2D eigenvalue weighted by Gasteiger charge is -2.27. The van der Waals surface area contributed by atoms with Crippen LogP contribution in [-0.2, 0) is 6.54 Å². The van der Waals surface area contributed by atoms with E-state index < -0.39 is 0 Å².